The number of aromatic nitrogens is 2. The summed E-state index contributed by atoms with van der Waals surface area (Å²) in [4.78, 5) is 16.3. The van der Waals surface area contributed by atoms with E-state index >= 15 is 0 Å². The first-order valence-corrected chi connectivity index (χ1v) is 8.06. The minimum absolute atomic E-state index is 0.00240. The lowest BCUT2D eigenvalue weighted by atomic mass is 10.1. The Labute approximate surface area is 140 Å². The number of hydrogen-bond acceptors (Lipinski definition) is 6. The van der Waals surface area contributed by atoms with E-state index in [0.717, 1.165) is 19.4 Å². The van der Waals surface area contributed by atoms with Crippen LogP contribution in [0.3, 0.4) is 0 Å². The van der Waals surface area contributed by atoms with Crippen molar-refractivity contribution < 1.29 is 18.8 Å². The summed E-state index contributed by atoms with van der Waals surface area (Å²) in [6.07, 6.45) is 2.15. The van der Waals surface area contributed by atoms with Crippen LogP contribution in [0.5, 0.6) is 5.75 Å². The van der Waals surface area contributed by atoms with Crippen LogP contribution in [-0.4, -0.2) is 34.8 Å². The molecule has 1 aliphatic heterocycles. The van der Waals surface area contributed by atoms with E-state index in [9.17, 15) is 4.79 Å². The molecular weight excluding hydrogens is 310 g/mol. The molecule has 1 aromatic carbocycles. The predicted molar refractivity (Wildman–Crippen MR) is 85.7 cm³/mol. The largest absolute Gasteiger partial charge is 0.485 e. The first-order chi connectivity index (χ1) is 11.6. The zero-order valence-corrected chi connectivity index (χ0v) is 13.8. The second-order valence-corrected chi connectivity index (χ2v) is 5.86. The molecule has 0 saturated carbocycles. The molecule has 1 amide bonds. The van der Waals surface area contributed by atoms with E-state index < -0.39 is 0 Å². The average molecular weight is 331 g/mol. The Hall–Kier alpha value is -2.41. The quantitative estimate of drug-likeness (QED) is 0.874. The van der Waals surface area contributed by atoms with Gasteiger partial charge in [0.2, 0.25) is 11.7 Å². The molecule has 0 unspecified atom stereocenters. The number of ether oxygens (including phenoxy) is 2. The summed E-state index contributed by atoms with van der Waals surface area (Å²) < 4.78 is 16.0. The lowest BCUT2D eigenvalue weighted by Gasteiger charge is -2.20. The maximum absolute atomic E-state index is 12.3. The van der Waals surface area contributed by atoms with Crippen molar-refractivity contribution in [1.29, 1.82) is 0 Å². The van der Waals surface area contributed by atoms with Crippen LogP contribution >= 0.6 is 0 Å². The van der Waals surface area contributed by atoms with Gasteiger partial charge in [-0.2, -0.15) is 4.98 Å². The van der Waals surface area contributed by atoms with E-state index in [4.69, 9.17) is 14.0 Å². The van der Waals surface area contributed by atoms with Crippen LogP contribution in [0.15, 0.2) is 28.8 Å². The molecule has 128 valence electrons. The minimum Gasteiger partial charge on any atom is -0.485 e. The molecule has 1 fully saturated rings. The van der Waals surface area contributed by atoms with Gasteiger partial charge in [-0.25, -0.2) is 0 Å². The third-order valence-electron chi connectivity index (χ3n) is 3.94. The summed E-state index contributed by atoms with van der Waals surface area (Å²) in [5.74, 6) is 1.51. The fourth-order valence-electron chi connectivity index (χ4n) is 2.63. The van der Waals surface area contributed by atoms with Gasteiger partial charge in [-0.3, -0.25) is 4.79 Å². The van der Waals surface area contributed by atoms with Gasteiger partial charge in [0.1, 0.15) is 5.75 Å². The average Bonchev–Trinajstić information content (AvgIpc) is 3.25. The van der Waals surface area contributed by atoms with Crippen molar-refractivity contribution in [2.75, 3.05) is 6.61 Å². The van der Waals surface area contributed by atoms with Gasteiger partial charge in [-0.05, 0) is 44.0 Å². The monoisotopic (exact) mass is 331 g/mol. The van der Waals surface area contributed by atoms with Crippen LogP contribution in [0.2, 0.25) is 0 Å². The van der Waals surface area contributed by atoms with Crippen LogP contribution in [0.4, 0.5) is 0 Å². The number of nitrogens with zero attached hydrogens (tertiary/aromatic N) is 2. The standard InChI is InChI=1S/C17H21N3O4/c1-11(15-4-3-9-22-15)18-17(21)13-5-7-14(8-6-13)23-10-16-19-12(2)24-20-16/h5-8,11,15H,3-4,9-10H2,1-2H3,(H,18,21)/t11-,15+/m0/s1. The van der Waals surface area contributed by atoms with E-state index in [1.54, 1.807) is 31.2 Å². The first-order valence-electron chi connectivity index (χ1n) is 8.06. The van der Waals surface area contributed by atoms with Crippen molar-refractivity contribution in [2.45, 2.75) is 45.4 Å². The number of aryl methyl sites for hydroxylation is 1. The first kappa shape index (κ1) is 16.4. The highest BCUT2D eigenvalue weighted by Crippen LogP contribution is 2.17. The highest BCUT2D eigenvalue weighted by atomic mass is 16.5. The van der Waals surface area contributed by atoms with E-state index in [1.165, 1.54) is 0 Å². The van der Waals surface area contributed by atoms with E-state index in [1.807, 2.05) is 6.92 Å². The number of hydrogen-bond donors (Lipinski definition) is 1. The Morgan fingerprint density at radius 3 is 2.83 bits per heavy atom. The Balaban J connectivity index is 1.52. The van der Waals surface area contributed by atoms with Crippen molar-refractivity contribution in [3.63, 3.8) is 0 Å². The molecule has 0 aliphatic carbocycles. The molecule has 1 saturated heterocycles. The number of benzene rings is 1. The van der Waals surface area contributed by atoms with Crippen molar-refractivity contribution in [1.82, 2.24) is 15.5 Å². The summed E-state index contributed by atoms with van der Waals surface area (Å²) >= 11 is 0. The summed E-state index contributed by atoms with van der Waals surface area (Å²) in [6, 6.07) is 6.96. The Morgan fingerprint density at radius 2 is 2.21 bits per heavy atom. The van der Waals surface area contributed by atoms with Gasteiger partial charge >= 0.3 is 0 Å². The van der Waals surface area contributed by atoms with Crippen molar-refractivity contribution in [3.8, 4) is 5.75 Å². The molecule has 1 N–H and O–H groups in total. The Morgan fingerprint density at radius 1 is 1.42 bits per heavy atom. The molecular formula is C17H21N3O4. The molecule has 0 spiro atoms. The van der Waals surface area contributed by atoms with E-state index in [0.29, 0.717) is 23.0 Å². The summed E-state index contributed by atoms with van der Waals surface area (Å²) in [6.45, 7) is 4.69. The second-order valence-electron chi connectivity index (χ2n) is 5.86. The third kappa shape index (κ3) is 4.11. The molecule has 2 atom stereocenters. The third-order valence-corrected chi connectivity index (χ3v) is 3.94. The van der Waals surface area contributed by atoms with Crippen molar-refractivity contribution in [2.24, 2.45) is 0 Å². The summed E-state index contributed by atoms with van der Waals surface area (Å²) in [7, 11) is 0. The van der Waals surface area contributed by atoms with Crippen LogP contribution in [0.1, 0.15) is 41.8 Å². The summed E-state index contributed by atoms with van der Waals surface area (Å²) in [5.41, 5.74) is 0.586. The van der Waals surface area contributed by atoms with E-state index in [2.05, 4.69) is 15.5 Å². The fraction of sp³-hybridized carbons (Fsp3) is 0.471. The van der Waals surface area contributed by atoms with Gasteiger partial charge in [0.05, 0.1) is 12.1 Å². The van der Waals surface area contributed by atoms with Gasteiger partial charge < -0.3 is 19.3 Å². The molecule has 1 aromatic heterocycles. The Kier molecular flexibility index (Phi) is 5.10. The minimum atomic E-state index is -0.113. The molecule has 2 aromatic rings. The zero-order valence-electron chi connectivity index (χ0n) is 13.8. The Bertz CT molecular complexity index is 677. The normalized spacial score (nSPS) is 18.3. The SMILES string of the molecule is Cc1nc(COc2ccc(C(=O)N[C@@H](C)[C@H]3CCCO3)cc2)no1. The van der Waals surface area contributed by atoms with Gasteiger partial charge in [0.25, 0.3) is 5.91 Å². The zero-order chi connectivity index (χ0) is 16.9. The molecule has 0 bridgehead atoms. The molecule has 0 radical (unpaired) electrons. The van der Waals surface area contributed by atoms with Gasteiger partial charge in [0.15, 0.2) is 6.61 Å². The maximum Gasteiger partial charge on any atom is 0.251 e. The molecule has 7 nitrogen and oxygen atoms in total. The summed E-state index contributed by atoms with van der Waals surface area (Å²) in [5, 5.41) is 6.74. The van der Waals surface area contributed by atoms with Crippen LogP contribution in [0.25, 0.3) is 0 Å². The lowest BCUT2D eigenvalue weighted by molar-refractivity contribution is 0.0712. The van der Waals surface area contributed by atoms with Crippen LogP contribution < -0.4 is 10.1 Å². The molecule has 1 aliphatic rings. The maximum atomic E-state index is 12.3. The van der Waals surface area contributed by atoms with Crippen LogP contribution in [-0.2, 0) is 11.3 Å². The fourth-order valence-corrected chi connectivity index (χ4v) is 2.63. The highest BCUT2D eigenvalue weighted by molar-refractivity contribution is 5.94. The molecule has 3 rings (SSSR count). The van der Waals surface area contributed by atoms with E-state index in [-0.39, 0.29) is 24.7 Å². The second kappa shape index (κ2) is 7.44. The lowest BCUT2D eigenvalue weighted by Crippen LogP contribution is -2.40. The van der Waals surface area contributed by atoms with Crippen molar-refractivity contribution in [3.05, 3.63) is 41.5 Å². The number of nitrogens with one attached hydrogen (secondary N) is 1. The molecule has 2 heterocycles. The smallest absolute Gasteiger partial charge is 0.251 e. The molecule has 24 heavy (non-hydrogen) atoms. The number of carbonyl (C=O) groups is 1. The number of rotatable bonds is 6. The molecule has 7 heteroatoms. The van der Waals surface area contributed by atoms with Gasteiger partial charge in [-0.15, -0.1) is 0 Å². The number of amides is 1. The highest BCUT2D eigenvalue weighted by Gasteiger charge is 2.23. The predicted octanol–water partition coefficient (Wildman–Crippen LogP) is 2.25. The topological polar surface area (TPSA) is 86.5 Å². The number of carbonyl (C=O) groups excluding carboxylic acids is 1. The van der Waals surface area contributed by atoms with Crippen LogP contribution in [0, 0.1) is 6.92 Å². The van der Waals surface area contributed by atoms with Gasteiger partial charge in [-0.1, -0.05) is 5.16 Å². The van der Waals surface area contributed by atoms with Gasteiger partial charge in [0, 0.05) is 19.1 Å². The van der Waals surface area contributed by atoms with Crippen molar-refractivity contribution >= 4 is 5.91 Å².